The van der Waals surface area contributed by atoms with Crippen LogP contribution in [0, 0.1) is 6.92 Å². The van der Waals surface area contributed by atoms with Gasteiger partial charge in [-0.3, -0.25) is 0 Å². The summed E-state index contributed by atoms with van der Waals surface area (Å²) in [5, 5.41) is 6.09. The van der Waals surface area contributed by atoms with Gasteiger partial charge < -0.3 is 5.32 Å². The summed E-state index contributed by atoms with van der Waals surface area (Å²) in [5.74, 6) is 1.28. The van der Waals surface area contributed by atoms with Crippen molar-refractivity contribution in [1.29, 1.82) is 0 Å². The molecule has 21 heavy (non-hydrogen) atoms. The lowest BCUT2D eigenvalue weighted by Crippen LogP contribution is -2.45. The quantitative estimate of drug-likeness (QED) is 0.826. The Morgan fingerprint density at radius 3 is 2.76 bits per heavy atom. The van der Waals surface area contributed by atoms with Crippen molar-refractivity contribution in [2.75, 3.05) is 12.3 Å². The van der Waals surface area contributed by atoms with E-state index in [1.807, 2.05) is 0 Å². The Morgan fingerprint density at radius 2 is 2.10 bits per heavy atom. The number of nitrogens with one attached hydrogen (secondary N) is 1. The van der Waals surface area contributed by atoms with E-state index in [0.29, 0.717) is 6.04 Å². The Labute approximate surface area is 139 Å². The summed E-state index contributed by atoms with van der Waals surface area (Å²) in [7, 11) is 0. The maximum Gasteiger partial charge on any atom is 0.0298 e. The van der Waals surface area contributed by atoms with Crippen LogP contribution in [0.25, 0.3) is 0 Å². The normalized spacial score (nSPS) is 27.5. The molecule has 4 unspecified atom stereocenters. The molecule has 1 nitrogen and oxygen atoms in total. The summed E-state index contributed by atoms with van der Waals surface area (Å²) >= 11 is 4.34. The highest BCUT2D eigenvalue weighted by Gasteiger charge is 2.31. The van der Waals surface area contributed by atoms with E-state index in [4.69, 9.17) is 0 Å². The van der Waals surface area contributed by atoms with Crippen LogP contribution in [0.15, 0.2) is 24.3 Å². The molecule has 0 saturated carbocycles. The average molecular weight is 324 g/mol. The van der Waals surface area contributed by atoms with Crippen LogP contribution in [0.3, 0.4) is 0 Å². The zero-order chi connectivity index (χ0) is 15.2. The summed E-state index contributed by atoms with van der Waals surface area (Å²) in [6, 6.07) is 9.59. The number of aryl methyl sites for hydroxylation is 1. The molecule has 0 aliphatic carbocycles. The van der Waals surface area contributed by atoms with Crippen molar-refractivity contribution in [3.8, 4) is 0 Å². The van der Waals surface area contributed by atoms with Gasteiger partial charge in [0.15, 0.2) is 0 Å². The topological polar surface area (TPSA) is 12.0 Å². The second-order valence-electron chi connectivity index (χ2n) is 6.17. The fraction of sp³-hybridized carbons (Fsp3) is 0.667. The lowest BCUT2D eigenvalue weighted by Gasteiger charge is -2.36. The molecule has 1 aliphatic rings. The van der Waals surface area contributed by atoms with Gasteiger partial charge >= 0.3 is 0 Å². The van der Waals surface area contributed by atoms with Crippen LogP contribution in [0.2, 0.25) is 0 Å². The molecular weight excluding hydrogens is 294 g/mol. The largest absolute Gasteiger partial charge is 0.313 e. The minimum absolute atomic E-state index is 0.596. The molecular formula is C18H29NS2. The predicted molar refractivity (Wildman–Crippen MR) is 99.7 cm³/mol. The van der Waals surface area contributed by atoms with Gasteiger partial charge in [0, 0.05) is 27.5 Å². The van der Waals surface area contributed by atoms with Gasteiger partial charge in [-0.05, 0) is 31.9 Å². The molecule has 1 aromatic carbocycles. The fourth-order valence-corrected chi connectivity index (χ4v) is 5.91. The number of hydrogen-bond donors (Lipinski definition) is 1. The molecule has 4 atom stereocenters. The summed E-state index contributed by atoms with van der Waals surface area (Å²) in [6.45, 7) is 10.3. The standard InChI is InChI=1S/C18H29NS2/c1-5-9-19-17(11-16-8-6-7-13(2)10-16)18-12-20-14(3)15(4)21-18/h6-8,10,14-15,17-19H,5,9,11-12H2,1-4H3. The summed E-state index contributed by atoms with van der Waals surface area (Å²) in [4.78, 5) is 0. The molecule has 1 saturated heterocycles. The molecule has 0 amide bonds. The number of rotatable bonds is 6. The summed E-state index contributed by atoms with van der Waals surface area (Å²) in [6.07, 6.45) is 2.36. The third kappa shape index (κ3) is 5.22. The van der Waals surface area contributed by atoms with Crippen LogP contribution < -0.4 is 5.32 Å². The predicted octanol–water partition coefficient (Wildman–Crippen LogP) is 4.53. The lowest BCUT2D eigenvalue weighted by atomic mass is 10.0. The zero-order valence-electron chi connectivity index (χ0n) is 13.8. The summed E-state index contributed by atoms with van der Waals surface area (Å²) in [5.41, 5.74) is 2.84. The molecule has 0 bridgehead atoms. The number of thioether (sulfide) groups is 2. The molecule has 0 radical (unpaired) electrons. The highest BCUT2D eigenvalue weighted by molar-refractivity contribution is 8.07. The monoisotopic (exact) mass is 323 g/mol. The van der Waals surface area contributed by atoms with E-state index in [2.05, 4.69) is 80.8 Å². The SMILES string of the molecule is CCCNC(Cc1cccc(C)c1)C1CSC(C)C(C)S1. The van der Waals surface area contributed by atoms with Crippen LogP contribution >= 0.6 is 23.5 Å². The number of hydrogen-bond acceptors (Lipinski definition) is 3. The van der Waals surface area contributed by atoms with Crippen molar-refractivity contribution in [3.63, 3.8) is 0 Å². The first-order valence-electron chi connectivity index (χ1n) is 8.16. The molecule has 1 aliphatic heterocycles. The molecule has 0 aromatic heterocycles. The van der Waals surface area contributed by atoms with Crippen molar-refractivity contribution < 1.29 is 0 Å². The molecule has 1 N–H and O–H groups in total. The van der Waals surface area contributed by atoms with E-state index in [1.54, 1.807) is 0 Å². The van der Waals surface area contributed by atoms with E-state index in [-0.39, 0.29) is 0 Å². The van der Waals surface area contributed by atoms with Crippen molar-refractivity contribution in [3.05, 3.63) is 35.4 Å². The highest BCUT2D eigenvalue weighted by atomic mass is 32.2. The third-order valence-electron chi connectivity index (χ3n) is 4.22. The first kappa shape index (κ1) is 17.2. The van der Waals surface area contributed by atoms with Crippen molar-refractivity contribution in [2.24, 2.45) is 0 Å². The minimum atomic E-state index is 0.596. The molecule has 1 fully saturated rings. The third-order valence-corrected chi connectivity index (χ3v) is 7.77. The van der Waals surface area contributed by atoms with Crippen LogP contribution in [0.1, 0.15) is 38.3 Å². The molecule has 118 valence electrons. The van der Waals surface area contributed by atoms with Gasteiger partial charge in [0.25, 0.3) is 0 Å². The van der Waals surface area contributed by atoms with Gasteiger partial charge in [-0.2, -0.15) is 23.5 Å². The average Bonchev–Trinajstić information content (AvgIpc) is 2.46. The van der Waals surface area contributed by atoms with E-state index in [1.165, 1.54) is 23.3 Å². The van der Waals surface area contributed by atoms with Gasteiger partial charge in [0.2, 0.25) is 0 Å². The maximum atomic E-state index is 3.81. The van der Waals surface area contributed by atoms with Crippen molar-refractivity contribution in [2.45, 2.75) is 62.3 Å². The van der Waals surface area contributed by atoms with Gasteiger partial charge in [-0.15, -0.1) is 0 Å². The summed E-state index contributed by atoms with van der Waals surface area (Å²) < 4.78 is 0. The van der Waals surface area contributed by atoms with Gasteiger partial charge in [0.05, 0.1) is 0 Å². The second kappa shape index (κ2) is 8.50. The Bertz CT molecular complexity index is 435. The number of benzene rings is 1. The first-order chi connectivity index (χ1) is 10.1. The van der Waals surface area contributed by atoms with E-state index >= 15 is 0 Å². The molecule has 1 aromatic rings. The van der Waals surface area contributed by atoms with Crippen molar-refractivity contribution in [1.82, 2.24) is 5.32 Å². The van der Waals surface area contributed by atoms with Crippen molar-refractivity contribution >= 4 is 23.5 Å². The van der Waals surface area contributed by atoms with Crippen LogP contribution in [-0.4, -0.2) is 34.1 Å². The van der Waals surface area contributed by atoms with E-state index in [0.717, 1.165) is 28.7 Å². The smallest absolute Gasteiger partial charge is 0.0298 e. The minimum Gasteiger partial charge on any atom is -0.313 e. The Kier molecular flexibility index (Phi) is 6.97. The van der Waals surface area contributed by atoms with Gasteiger partial charge in [0.1, 0.15) is 0 Å². The van der Waals surface area contributed by atoms with Crippen LogP contribution in [-0.2, 0) is 6.42 Å². The Hall–Kier alpha value is -0.120. The fourth-order valence-electron chi connectivity index (χ4n) is 2.78. The second-order valence-corrected chi connectivity index (χ2v) is 9.20. The maximum absolute atomic E-state index is 3.81. The van der Waals surface area contributed by atoms with Gasteiger partial charge in [-0.1, -0.05) is 50.6 Å². The van der Waals surface area contributed by atoms with E-state index < -0.39 is 0 Å². The zero-order valence-corrected chi connectivity index (χ0v) is 15.4. The van der Waals surface area contributed by atoms with Crippen LogP contribution in [0.4, 0.5) is 0 Å². The molecule has 1 heterocycles. The molecule has 3 heteroatoms. The molecule has 2 rings (SSSR count). The van der Waals surface area contributed by atoms with E-state index in [9.17, 15) is 0 Å². The Morgan fingerprint density at radius 1 is 1.29 bits per heavy atom. The first-order valence-corrected chi connectivity index (χ1v) is 10.1. The Balaban J connectivity index is 2.03. The highest BCUT2D eigenvalue weighted by Crippen LogP contribution is 2.37. The van der Waals surface area contributed by atoms with Gasteiger partial charge in [-0.25, -0.2) is 0 Å². The lowest BCUT2D eigenvalue weighted by molar-refractivity contribution is 0.504. The van der Waals surface area contributed by atoms with Crippen LogP contribution in [0.5, 0.6) is 0 Å². The molecule has 0 spiro atoms.